The predicted molar refractivity (Wildman–Crippen MR) is 517 cm³/mol. The number of aliphatic imine (C=N–C) groups is 1. The lowest BCUT2D eigenvalue weighted by Gasteiger charge is -2.35. The van der Waals surface area contributed by atoms with Gasteiger partial charge in [-0.3, -0.25) is 24.2 Å². The molecule has 2 aliphatic heterocycles. The first kappa shape index (κ1) is 138. The number of hydrogen-bond donors (Lipinski definition) is 2. The molecule has 0 saturated carbocycles. The maximum Gasteiger partial charge on any atom is 0.519 e. The van der Waals surface area contributed by atoms with Gasteiger partial charge in [-0.25, -0.2) is 63.1 Å². The smallest absolute Gasteiger partial charge is 0.462 e. The third-order valence-corrected chi connectivity index (χ3v) is 19.2. The number of Topliss-reactive ketones (excluding diaryl/α,β-unsaturated/α-hetero) is 2. The minimum absolute atomic E-state index is 0.0132. The first-order valence-corrected chi connectivity index (χ1v) is 47.1. The Kier molecular flexibility index (Phi) is 59.4. The number of nitrogens with one attached hydrogen (secondary N) is 1. The molecule has 43 heteroatoms. The van der Waals surface area contributed by atoms with E-state index < -0.39 is 201 Å². The van der Waals surface area contributed by atoms with Gasteiger partial charge in [-0.05, 0) is 281 Å². The number of rotatable bonds is 26. The van der Waals surface area contributed by atoms with Crippen molar-refractivity contribution >= 4 is 85.3 Å². The molecule has 8 atom stereocenters. The fourth-order valence-electron chi connectivity index (χ4n) is 11.9. The van der Waals surface area contributed by atoms with E-state index in [9.17, 15) is 131 Å². The molecule has 818 valence electrons. The van der Waals surface area contributed by atoms with Crippen molar-refractivity contribution in [2.45, 2.75) is 285 Å². The van der Waals surface area contributed by atoms with E-state index in [1.807, 2.05) is 22.0 Å². The molecule has 6 unspecified atom stereocenters. The van der Waals surface area contributed by atoms with Gasteiger partial charge in [0.25, 0.3) is 17.8 Å². The lowest BCUT2D eigenvalue weighted by molar-refractivity contribution is -0.173. The Balaban J connectivity index is 0. The van der Waals surface area contributed by atoms with Crippen LogP contribution in [0.4, 0.5) is 97.4 Å². The third-order valence-electron chi connectivity index (χ3n) is 18.3. The number of aliphatic hydroxyl groups excluding tert-OH is 1. The summed E-state index contributed by atoms with van der Waals surface area (Å²) in [6, 6.07) is 32.8. The highest BCUT2D eigenvalue weighted by Gasteiger charge is 2.48. The summed E-state index contributed by atoms with van der Waals surface area (Å²) in [6.07, 6.45) is -6.83. The summed E-state index contributed by atoms with van der Waals surface area (Å²) in [7, 11) is 0. The summed E-state index contributed by atoms with van der Waals surface area (Å²) in [4.78, 5) is 89.6. The van der Waals surface area contributed by atoms with Crippen LogP contribution in [0.5, 0.6) is 0 Å². The van der Waals surface area contributed by atoms with Crippen LogP contribution in [0, 0.1) is 104 Å². The van der Waals surface area contributed by atoms with E-state index in [1.165, 1.54) is 88.4 Å². The first-order chi connectivity index (χ1) is 67.1. The summed E-state index contributed by atoms with van der Waals surface area (Å²) in [5.41, 5.74) is -2.07. The number of halogens is 22. The van der Waals surface area contributed by atoms with Gasteiger partial charge < -0.3 is 43.6 Å². The molecule has 0 amide bonds. The van der Waals surface area contributed by atoms with Gasteiger partial charge in [-0.15, -0.1) is 0 Å². The Bertz CT molecular complexity index is 5180. The molecule has 0 radical (unpaired) electrons. The van der Waals surface area contributed by atoms with Gasteiger partial charge in [0.1, 0.15) is 69.1 Å². The minimum atomic E-state index is -3.60. The lowest BCUT2D eigenvalue weighted by Crippen LogP contribution is -2.46. The van der Waals surface area contributed by atoms with E-state index >= 15 is 0 Å². The second kappa shape index (κ2) is 63.5. The van der Waals surface area contributed by atoms with Gasteiger partial charge in [-0.2, -0.15) is 59.7 Å². The van der Waals surface area contributed by atoms with Crippen molar-refractivity contribution in [3.63, 3.8) is 0 Å². The molecule has 0 bridgehead atoms. The summed E-state index contributed by atoms with van der Waals surface area (Å²) >= 11 is 5.02. The van der Waals surface area contributed by atoms with Gasteiger partial charge in [-0.1, -0.05) is 86.6 Å². The highest BCUT2D eigenvalue weighted by molar-refractivity contribution is 9.10. The maximum atomic E-state index is 14.2. The fourth-order valence-corrected chi connectivity index (χ4v) is 12.3. The molecule has 2 N–H and O–H groups in total. The molecule has 1 fully saturated rings. The van der Waals surface area contributed by atoms with Crippen LogP contribution in [0.2, 0.25) is 0 Å². The molecule has 0 aliphatic carbocycles. The molecule has 2 heterocycles. The Labute approximate surface area is 860 Å². The number of nitriles is 3. The van der Waals surface area contributed by atoms with Crippen molar-refractivity contribution in [3.8, 4) is 18.2 Å². The number of carbonyl (C=O) groups is 8. The maximum absolute atomic E-state index is 14.2. The molecular formula is C104H127Br2F20N5O16. The largest absolute Gasteiger partial charge is 0.519 e. The number of hydrogen-bond acceptors (Lipinski definition) is 21. The summed E-state index contributed by atoms with van der Waals surface area (Å²) < 4.78 is 296. The predicted octanol–water partition coefficient (Wildman–Crippen LogP) is 28.9. The molecule has 0 spiro atoms. The molecule has 6 aromatic carbocycles. The SMILES string of the molecule is C=C(C)C#N.CC(C#N)CC(F)(F)C(=O)c1ccc(F)cc1.CC(C)(C)OC(=O)OC(=O)OC(C)(C)C.CC(CCC(=O)OC(C)(C)C)CC(F)(F)C(=O)c1ccc(F)cc1.CC(CCC(=O)OC(C)(C)C)CC(F)(F)C(O)c1ccc(F)cc1.CC1CN=C(c2ccc(F)cc2)C(F)(F)C1.CCOC(=O)C(F)(F)Br.CCOC(=O)C(F)(F)CC(C)C#N.C[C@@H]1CN[C@@H](c2ccc(F)cc2)C(F)(F)C1.Fc1ccc(Br)cc1. The average molecular weight is 2240 g/mol. The fraction of sp³-hybridized carbons (Fsp3) is 0.519. The van der Waals surface area contributed by atoms with E-state index in [2.05, 4.69) is 47.0 Å². The molecule has 2 aliphatic rings. The van der Waals surface area contributed by atoms with E-state index in [4.69, 9.17) is 34.7 Å². The lowest BCUT2D eigenvalue weighted by atomic mass is 9.88. The zero-order valence-corrected chi connectivity index (χ0v) is 88.4. The van der Waals surface area contributed by atoms with Crippen LogP contribution < -0.4 is 5.32 Å². The average Bonchev–Trinajstić information content (AvgIpc) is 0.800. The topological polar surface area (TPSA) is 317 Å². The van der Waals surface area contributed by atoms with Gasteiger partial charge in [0.05, 0.1) is 37.5 Å². The van der Waals surface area contributed by atoms with Crippen molar-refractivity contribution < 1.29 is 164 Å². The van der Waals surface area contributed by atoms with E-state index in [1.54, 1.807) is 142 Å². The van der Waals surface area contributed by atoms with Gasteiger partial charge in [0.15, 0.2) is 0 Å². The number of ketones is 2. The zero-order valence-electron chi connectivity index (χ0n) is 85.3. The van der Waals surface area contributed by atoms with E-state index in [0.29, 0.717) is 29.8 Å². The number of piperidine rings is 1. The number of ether oxygens (including phenoxy) is 7. The Morgan fingerprint density at radius 3 is 1.15 bits per heavy atom. The quantitative estimate of drug-likeness (QED) is 0.00969. The zero-order chi connectivity index (χ0) is 114. The third kappa shape index (κ3) is 61.3. The number of benzene rings is 6. The van der Waals surface area contributed by atoms with Crippen LogP contribution in [0.3, 0.4) is 0 Å². The van der Waals surface area contributed by atoms with Crippen LogP contribution in [0.15, 0.2) is 167 Å². The number of esters is 4. The summed E-state index contributed by atoms with van der Waals surface area (Å²) in [5.74, 6) is -32.2. The van der Waals surface area contributed by atoms with Gasteiger partial charge in [0, 0.05) is 112 Å². The van der Waals surface area contributed by atoms with Crippen molar-refractivity contribution in [1.29, 1.82) is 15.8 Å². The Morgan fingerprint density at radius 1 is 0.490 bits per heavy atom. The minimum Gasteiger partial charge on any atom is -0.462 e. The highest BCUT2D eigenvalue weighted by Crippen LogP contribution is 2.42. The van der Waals surface area contributed by atoms with Crippen molar-refractivity contribution in [1.82, 2.24) is 5.32 Å². The highest BCUT2D eigenvalue weighted by atomic mass is 79.9. The van der Waals surface area contributed by atoms with Crippen molar-refractivity contribution in [2.75, 3.05) is 26.3 Å². The number of aliphatic hydroxyl groups is 1. The number of nitrogens with zero attached hydrogens (tertiary/aromatic N) is 4. The van der Waals surface area contributed by atoms with E-state index in [-0.39, 0.29) is 91.8 Å². The molecule has 147 heavy (non-hydrogen) atoms. The summed E-state index contributed by atoms with van der Waals surface area (Å²) in [5, 5.41) is 37.2. The molecular weight excluding hydrogens is 2110 g/mol. The monoisotopic (exact) mass is 2240 g/mol. The van der Waals surface area contributed by atoms with Crippen LogP contribution in [0.1, 0.15) is 259 Å². The second-order valence-corrected chi connectivity index (χ2v) is 39.7. The number of alkyl halides is 15. The first-order valence-electron chi connectivity index (χ1n) is 45.5. The van der Waals surface area contributed by atoms with Crippen LogP contribution in [0.25, 0.3) is 0 Å². The van der Waals surface area contributed by atoms with Crippen LogP contribution >= 0.6 is 31.9 Å². The summed E-state index contributed by atoms with van der Waals surface area (Å²) in [6.45, 7) is 38.5. The van der Waals surface area contributed by atoms with Crippen molar-refractivity contribution in [3.05, 3.63) is 225 Å². The standard InChI is InChI=1S/C18H25F3O3.C18H23F3O3.C12H10F3NO.C12H14F3N.C12H12F3N.C10H18O5.C8H11F2NO2.C6H4BrF.C4H5BrF2O2.C4H5N/c2*1-12(5-10-15(22)24-17(2,3)4)11-18(20,21)16(23)13-6-8-14(19)9-7-13;1-8(7-16)6-12(14,15)11(17)9-2-4-10(13)5-3-9;2*1-8-6-12(14,15)11(16-7-8)9-2-4-10(13)5-3-9;1-9(2,3)14-7(11)13-8(12)15-10(4,5)6;1-3-13-7(12)8(9,10)4-6(2)5-11;7-5-1-3-6(8)4-2-5;1-2-9-3(8)4(5,6)7;1-4(2)3-5/h6-9,12,16,23H,5,10-11H2,1-4H3;6-9,12H,5,10-11H2,1-4H3;2-5,8H,6H2,1H3;2-5,8,11,16H,6-7H2,1H3;2-5,8H,6-7H2,1H3;1-6H3;6H,3-4H2,1-2H3;1-4H;2H2,1H3;1H2,2H3/t;;;8-,11-;;;;;;/m...0....../s1. The van der Waals surface area contributed by atoms with Gasteiger partial charge in [0.2, 0.25) is 11.6 Å². The van der Waals surface area contributed by atoms with Gasteiger partial charge >= 0.3 is 58.8 Å². The normalized spacial score (nSPS) is 15.7. The number of carbonyl (C=O) groups excluding carboxylic acids is 8. The molecule has 0 aromatic heterocycles. The molecule has 8 rings (SSSR count). The van der Waals surface area contributed by atoms with Crippen molar-refractivity contribution in [2.24, 2.45) is 40.5 Å². The number of allylic oxidation sites excluding steroid dienone is 1. The molecule has 21 nitrogen and oxygen atoms in total. The Morgan fingerprint density at radius 2 is 0.823 bits per heavy atom. The Hall–Kier alpha value is -11.4. The van der Waals surface area contributed by atoms with Crippen LogP contribution in [-0.4, -0.2) is 148 Å². The molecule has 1 saturated heterocycles. The van der Waals surface area contributed by atoms with Crippen LogP contribution in [-0.2, 0) is 52.3 Å². The second-order valence-electron chi connectivity index (χ2n) is 37.8. The molecule has 6 aromatic rings. The van der Waals surface area contributed by atoms with E-state index in [0.717, 1.165) is 77.3 Å².